The van der Waals surface area contributed by atoms with E-state index in [2.05, 4.69) is 29.8 Å². The molecule has 3 N–H and O–H groups in total. The van der Waals surface area contributed by atoms with E-state index in [0.29, 0.717) is 18.5 Å². The Hall–Kier alpha value is -3.76. The number of fused-ring (bicyclic) bond motifs is 1. The molecule has 3 fully saturated rings. The van der Waals surface area contributed by atoms with Gasteiger partial charge in [-0.25, -0.2) is 0 Å². The summed E-state index contributed by atoms with van der Waals surface area (Å²) in [5.74, 6) is -3.22. The molecule has 0 spiro atoms. The van der Waals surface area contributed by atoms with Crippen molar-refractivity contribution in [3.63, 3.8) is 0 Å². The van der Waals surface area contributed by atoms with Crippen LogP contribution in [0.2, 0.25) is 0 Å². The van der Waals surface area contributed by atoms with Gasteiger partial charge >= 0.3 is 0 Å². The Morgan fingerprint density at radius 3 is 2.18 bits per heavy atom. The van der Waals surface area contributed by atoms with Crippen molar-refractivity contribution < 1.29 is 28.8 Å². The summed E-state index contributed by atoms with van der Waals surface area (Å²) in [6.07, 6.45) is 2.12. The Morgan fingerprint density at radius 2 is 1.62 bits per heavy atom. The van der Waals surface area contributed by atoms with Gasteiger partial charge in [-0.1, -0.05) is 84.7 Å². The van der Waals surface area contributed by atoms with Crippen LogP contribution in [0.5, 0.6) is 0 Å². The van der Waals surface area contributed by atoms with E-state index in [4.69, 9.17) is 0 Å². The first-order chi connectivity index (χ1) is 20.9. The van der Waals surface area contributed by atoms with Gasteiger partial charge in [0, 0.05) is 26.6 Å². The highest BCUT2D eigenvalue weighted by Crippen LogP contribution is 2.65. The van der Waals surface area contributed by atoms with E-state index >= 15 is 0 Å². The van der Waals surface area contributed by atoms with Crippen molar-refractivity contribution >= 4 is 35.3 Å². The number of amides is 5. The number of piperidine rings is 1. The predicted molar refractivity (Wildman–Crippen MR) is 168 cm³/mol. The van der Waals surface area contributed by atoms with Crippen LogP contribution in [0, 0.1) is 34.5 Å². The summed E-state index contributed by atoms with van der Waals surface area (Å²) >= 11 is 0. The van der Waals surface area contributed by atoms with Crippen LogP contribution in [-0.4, -0.2) is 84.4 Å². The SMILES string of the molecule is C[C@H](C(=O)N1C[C@H]2[C@@H]([C@H]1C(=O)NC(CC1CC1)C(=O)C(=O)NCC(=O)N[C@H](C(=O)N(C)C)c1ccccc1)C2(C)C)C(C)(C)C. The zero-order valence-corrected chi connectivity index (χ0v) is 27.8. The Morgan fingerprint density at radius 1 is 1.00 bits per heavy atom. The van der Waals surface area contributed by atoms with E-state index in [9.17, 15) is 28.8 Å². The number of rotatable bonds is 12. The molecular formula is C34H49N5O6. The van der Waals surface area contributed by atoms with Gasteiger partial charge in [0.25, 0.3) is 5.91 Å². The molecule has 1 aromatic rings. The van der Waals surface area contributed by atoms with Crippen LogP contribution >= 0.6 is 0 Å². The second kappa shape index (κ2) is 12.9. The monoisotopic (exact) mass is 623 g/mol. The Labute approximate surface area is 266 Å². The number of nitrogens with one attached hydrogen (secondary N) is 3. The number of likely N-dealkylation sites (N-methyl/N-ethyl adjacent to an activating group) is 1. The summed E-state index contributed by atoms with van der Waals surface area (Å²) in [4.78, 5) is 82.4. The zero-order valence-electron chi connectivity index (χ0n) is 27.8. The van der Waals surface area contributed by atoms with Crippen LogP contribution in [0.4, 0.5) is 0 Å². The maximum absolute atomic E-state index is 13.8. The molecule has 0 aromatic heterocycles. The van der Waals surface area contributed by atoms with Crippen molar-refractivity contribution in [2.75, 3.05) is 27.2 Å². The largest absolute Gasteiger partial charge is 0.347 e. The molecule has 1 aromatic carbocycles. The van der Waals surface area contributed by atoms with Crippen LogP contribution in [0.3, 0.4) is 0 Å². The summed E-state index contributed by atoms with van der Waals surface area (Å²) in [7, 11) is 3.16. The van der Waals surface area contributed by atoms with Crippen molar-refractivity contribution in [1.82, 2.24) is 25.8 Å². The molecule has 5 amide bonds. The fourth-order valence-corrected chi connectivity index (χ4v) is 6.42. The number of carbonyl (C=O) groups is 6. The van der Waals surface area contributed by atoms with Gasteiger partial charge in [0.2, 0.25) is 29.4 Å². The summed E-state index contributed by atoms with van der Waals surface area (Å²) in [6, 6.07) is 5.99. The number of Topliss-reactive ketones (excluding diaryl/α,β-unsaturated/α-hetero) is 1. The number of hydrogen-bond acceptors (Lipinski definition) is 6. The summed E-state index contributed by atoms with van der Waals surface area (Å²) in [5, 5.41) is 7.85. The van der Waals surface area contributed by atoms with Crippen LogP contribution in [-0.2, 0) is 28.8 Å². The molecule has 0 bridgehead atoms. The molecule has 3 aliphatic rings. The molecule has 0 radical (unpaired) electrons. The van der Waals surface area contributed by atoms with E-state index in [-0.39, 0.29) is 46.3 Å². The molecule has 2 saturated carbocycles. The third kappa shape index (κ3) is 7.56. The Bertz CT molecular complexity index is 1330. The van der Waals surface area contributed by atoms with Gasteiger partial charge in [-0.2, -0.15) is 0 Å². The molecule has 6 atom stereocenters. The van der Waals surface area contributed by atoms with Gasteiger partial charge in [0.1, 0.15) is 12.1 Å². The minimum absolute atomic E-state index is 0.0229. The van der Waals surface area contributed by atoms with Crippen molar-refractivity contribution in [3.8, 4) is 0 Å². The summed E-state index contributed by atoms with van der Waals surface area (Å²) in [5.41, 5.74) is 0.197. The Kier molecular flexibility index (Phi) is 9.80. The van der Waals surface area contributed by atoms with Crippen LogP contribution < -0.4 is 16.0 Å². The first-order valence-electron chi connectivity index (χ1n) is 15.9. The van der Waals surface area contributed by atoms with Crippen LogP contribution in [0.15, 0.2) is 30.3 Å². The lowest BCUT2D eigenvalue weighted by Gasteiger charge is -2.36. The highest BCUT2D eigenvalue weighted by molar-refractivity contribution is 6.38. The normalized spacial score (nSPS) is 23.6. The molecule has 2 aliphatic carbocycles. The van der Waals surface area contributed by atoms with E-state index in [1.807, 2.05) is 27.7 Å². The lowest BCUT2D eigenvalue weighted by Crippen LogP contribution is -2.56. The molecule has 1 saturated heterocycles. The third-order valence-corrected chi connectivity index (χ3v) is 10.1. The molecule has 1 unspecified atom stereocenters. The minimum atomic E-state index is -1.07. The maximum atomic E-state index is 13.8. The second-order valence-electron chi connectivity index (χ2n) is 14.9. The topological polar surface area (TPSA) is 145 Å². The van der Waals surface area contributed by atoms with Crippen molar-refractivity contribution in [2.45, 2.75) is 78.9 Å². The van der Waals surface area contributed by atoms with Gasteiger partial charge in [-0.05, 0) is 40.6 Å². The van der Waals surface area contributed by atoms with Gasteiger partial charge in [0.05, 0.1) is 12.6 Å². The quantitative estimate of drug-likeness (QED) is 0.304. The molecule has 45 heavy (non-hydrogen) atoms. The lowest BCUT2D eigenvalue weighted by molar-refractivity contribution is -0.147. The van der Waals surface area contributed by atoms with E-state index in [0.717, 1.165) is 12.8 Å². The highest BCUT2D eigenvalue weighted by atomic mass is 16.2. The Balaban J connectivity index is 1.42. The van der Waals surface area contributed by atoms with Crippen LogP contribution in [0.25, 0.3) is 0 Å². The van der Waals surface area contributed by atoms with Crippen molar-refractivity contribution in [2.24, 2.45) is 34.5 Å². The average Bonchev–Trinajstić information content (AvgIpc) is 3.84. The maximum Gasteiger partial charge on any atom is 0.290 e. The van der Waals surface area contributed by atoms with Crippen molar-refractivity contribution in [1.29, 1.82) is 0 Å². The molecule has 246 valence electrons. The number of carbonyl (C=O) groups excluding carboxylic acids is 6. The second-order valence-corrected chi connectivity index (χ2v) is 14.9. The van der Waals surface area contributed by atoms with Crippen molar-refractivity contribution in [3.05, 3.63) is 35.9 Å². The number of likely N-dealkylation sites (tertiary alicyclic amines) is 1. The summed E-state index contributed by atoms with van der Waals surface area (Å²) in [6.45, 7) is 12.0. The zero-order chi connectivity index (χ0) is 33.4. The molecule has 11 heteroatoms. The number of ketones is 1. The smallest absolute Gasteiger partial charge is 0.290 e. The third-order valence-electron chi connectivity index (χ3n) is 10.1. The van der Waals surface area contributed by atoms with Gasteiger partial charge < -0.3 is 25.8 Å². The minimum Gasteiger partial charge on any atom is -0.347 e. The molecule has 1 heterocycles. The fourth-order valence-electron chi connectivity index (χ4n) is 6.42. The summed E-state index contributed by atoms with van der Waals surface area (Å²) < 4.78 is 0. The predicted octanol–water partition coefficient (Wildman–Crippen LogP) is 2.07. The van der Waals surface area contributed by atoms with Gasteiger partial charge in [-0.15, -0.1) is 0 Å². The molecular weight excluding hydrogens is 574 g/mol. The van der Waals surface area contributed by atoms with E-state index < -0.39 is 48.2 Å². The lowest BCUT2D eigenvalue weighted by atomic mass is 9.81. The van der Waals surface area contributed by atoms with Crippen LogP contribution in [0.1, 0.15) is 72.4 Å². The number of hydrogen-bond donors (Lipinski definition) is 3. The highest BCUT2D eigenvalue weighted by Gasteiger charge is 2.69. The first kappa shape index (κ1) is 34.1. The standard InChI is InChI=1S/C34H49N5O6/c1-19(33(2,3)4)31(44)39-18-22-25(34(22,5)6)27(39)29(42)36-23(16-20-14-15-20)28(41)30(43)35-17-24(40)37-26(32(45)38(7)8)21-12-10-9-11-13-21/h9-13,19-20,22-23,25-27H,14-18H2,1-8H3,(H,35,43)(H,36,42)(H,37,40)/t19-,22+,23?,25+,26+,27+/m1/s1. The van der Waals surface area contributed by atoms with Gasteiger partial charge in [0.15, 0.2) is 0 Å². The molecule has 1 aliphatic heterocycles. The average molecular weight is 624 g/mol. The fraction of sp³-hybridized carbons (Fsp3) is 0.647. The van der Waals surface area contributed by atoms with Gasteiger partial charge in [-0.3, -0.25) is 28.8 Å². The first-order valence-corrected chi connectivity index (χ1v) is 15.9. The number of nitrogens with zero attached hydrogens (tertiary/aromatic N) is 2. The molecule has 4 rings (SSSR count). The van der Waals surface area contributed by atoms with E-state index in [1.54, 1.807) is 49.3 Å². The number of benzene rings is 1. The molecule has 11 nitrogen and oxygen atoms in total. The van der Waals surface area contributed by atoms with E-state index in [1.165, 1.54) is 4.90 Å².